The topological polar surface area (TPSA) is 85.4 Å². The van der Waals surface area contributed by atoms with Gasteiger partial charge in [0.25, 0.3) is 5.91 Å². The molecular formula is C20H19FN4O3. The standard InChI is InChI=1S/C20H19FN4O3/c1-27-14-7-8-16(18(11-14)28-2)24-20-22-10-9-17(25-20)19(26)23-12-13-5-3-4-6-15(13)21/h3-11H,12H2,1-2H3,(H,23,26)(H,22,24,25). The van der Waals surface area contributed by atoms with Gasteiger partial charge in [-0.05, 0) is 24.3 Å². The zero-order valence-electron chi connectivity index (χ0n) is 15.4. The third kappa shape index (κ3) is 4.53. The van der Waals surface area contributed by atoms with Crippen LogP contribution < -0.4 is 20.1 Å². The van der Waals surface area contributed by atoms with Crippen LogP contribution in [0, 0.1) is 5.82 Å². The average Bonchev–Trinajstić information content (AvgIpc) is 2.73. The maximum atomic E-state index is 13.7. The summed E-state index contributed by atoms with van der Waals surface area (Å²) in [6, 6.07) is 13.0. The van der Waals surface area contributed by atoms with Crippen molar-refractivity contribution < 1.29 is 18.7 Å². The number of halogens is 1. The van der Waals surface area contributed by atoms with Crippen molar-refractivity contribution in [3.8, 4) is 11.5 Å². The van der Waals surface area contributed by atoms with Crippen molar-refractivity contribution >= 4 is 17.5 Å². The zero-order chi connectivity index (χ0) is 19.9. The SMILES string of the molecule is COc1ccc(Nc2nccc(C(=O)NCc3ccccc3F)n2)c(OC)c1. The van der Waals surface area contributed by atoms with E-state index in [1.165, 1.54) is 25.4 Å². The van der Waals surface area contributed by atoms with Gasteiger partial charge < -0.3 is 20.1 Å². The number of benzene rings is 2. The summed E-state index contributed by atoms with van der Waals surface area (Å²) in [6.07, 6.45) is 1.46. The lowest BCUT2D eigenvalue weighted by atomic mass is 10.2. The molecule has 3 aromatic rings. The number of carbonyl (C=O) groups excluding carboxylic acids is 1. The number of ether oxygens (including phenoxy) is 2. The highest BCUT2D eigenvalue weighted by Crippen LogP contribution is 2.30. The molecule has 1 aromatic heterocycles. The van der Waals surface area contributed by atoms with Gasteiger partial charge in [-0.25, -0.2) is 14.4 Å². The van der Waals surface area contributed by atoms with E-state index in [1.807, 2.05) is 0 Å². The molecule has 0 aliphatic carbocycles. The van der Waals surface area contributed by atoms with Gasteiger partial charge >= 0.3 is 0 Å². The highest BCUT2D eigenvalue weighted by atomic mass is 19.1. The average molecular weight is 382 g/mol. The molecule has 0 aliphatic heterocycles. The Kier molecular flexibility index (Phi) is 6.01. The van der Waals surface area contributed by atoms with E-state index < -0.39 is 5.91 Å². The molecule has 8 heteroatoms. The van der Waals surface area contributed by atoms with Crippen molar-refractivity contribution in [3.63, 3.8) is 0 Å². The number of carbonyl (C=O) groups is 1. The number of anilines is 2. The first-order valence-electron chi connectivity index (χ1n) is 8.44. The molecule has 28 heavy (non-hydrogen) atoms. The molecule has 0 aliphatic rings. The number of hydrogen-bond donors (Lipinski definition) is 2. The summed E-state index contributed by atoms with van der Waals surface area (Å²) >= 11 is 0. The molecule has 1 amide bonds. The van der Waals surface area contributed by atoms with Gasteiger partial charge in [0.1, 0.15) is 23.0 Å². The predicted molar refractivity (Wildman–Crippen MR) is 102 cm³/mol. The second-order valence-electron chi connectivity index (χ2n) is 5.73. The van der Waals surface area contributed by atoms with Crippen molar-refractivity contribution in [2.75, 3.05) is 19.5 Å². The van der Waals surface area contributed by atoms with E-state index in [2.05, 4.69) is 20.6 Å². The largest absolute Gasteiger partial charge is 0.497 e. The number of nitrogens with one attached hydrogen (secondary N) is 2. The summed E-state index contributed by atoms with van der Waals surface area (Å²) in [4.78, 5) is 20.7. The van der Waals surface area contributed by atoms with Crippen LogP contribution in [0.1, 0.15) is 16.1 Å². The van der Waals surface area contributed by atoms with Crippen molar-refractivity contribution in [2.45, 2.75) is 6.54 Å². The number of amides is 1. The van der Waals surface area contributed by atoms with E-state index in [9.17, 15) is 9.18 Å². The molecule has 3 rings (SSSR count). The van der Waals surface area contributed by atoms with Crippen LogP contribution in [0.5, 0.6) is 11.5 Å². The van der Waals surface area contributed by atoms with Crippen LogP contribution in [0.15, 0.2) is 54.7 Å². The van der Waals surface area contributed by atoms with Crippen LogP contribution in [0.25, 0.3) is 0 Å². The molecule has 7 nitrogen and oxygen atoms in total. The summed E-state index contributed by atoms with van der Waals surface area (Å²) in [7, 11) is 3.10. The Labute approximate surface area is 161 Å². The van der Waals surface area contributed by atoms with E-state index in [4.69, 9.17) is 9.47 Å². The number of methoxy groups -OCH3 is 2. The molecule has 0 unspecified atom stereocenters. The lowest BCUT2D eigenvalue weighted by Crippen LogP contribution is -2.24. The first-order valence-corrected chi connectivity index (χ1v) is 8.44. The summed E-state index contributed by atoms with van der Waals surface area (Å²) in [6.45, 7) is 0.0601. The van der Waals surface area contributed by atoms with Crippen molar-refractivity contribution in [1.29, 1.82) is 0 Å². The Hall–Kier alpha value is -3.68. The molecule has 0 fully saturated rings. The number of aromatic nitrogens is 2. The number of hydrogen-bond acceptors (Lipinski definition) is 6. The molecule has 2 aromatic carbocycles. The predicted octanol–water partition coefficient (Wildman–Crippen LogP) is 3.31. The number of nitrogens with zero attached hydrogens (tertiary/aromatic N) is 2. The summed E-state index contributed by atoms with van der Waals surface area (Å²) in [5.74, 6) is 0.596. The van der Waals surface area contributed by atoms with E-state index in [0.29, 0.717) is 22.7 Å². The maximum Gasteiger partial charge on any atom is 0.270 e. The highest BCUT2D eigenvalue weighted by Gasteiger charge is 2.12. The van der Waals surface area contributed by atoms with Crippen LogP contribution in [-0.4, -0.2) is 30.1 Å². The molecule has 1 heterocycles. The molecule has 0 saturated heterocycles. The third-order valence-electron chi connectivity index (χ3n) is 3.94. The fraction of sp³-hybridized carbons (Fsp3) is 0.150. The minimum Gasteiger partial charge on any atom is -0.497 e. The normalized spacial score (nSPS) is 10.2. The maximum absolute atomic E-state index is 13.7. The fourth-order valence-corrected chi connectivity index (χ4v) is 2.48. The van der Waals surface area contributed by atoms with Gasteiger partial charge in [-0.15, -0.1) is 0 Å². The van der Waals surface area contributed by atoms with Crippen LogP contribution in [-0.2, 0) is 6.54 Å². The molecule has 0 saturated carbocycles. The van der Waals surface area contributed by atoms with E-state index in [-0.39, 0.29) is 24.0 Å². The van der Waals surface area contributed by atoms with Crippen molar-refractivity contribution in [2.24, 2.45) is 0 Å². The van der Waals surface area contributed by atoms with Gasteiger partial charge in [-0.1, -0.05) is 18.2 Å². The molecular weight excluding hydrogens is 363 g/mol. The monoisotopic (exact) mass is 382 g/mol. The highest BCUT2D eigenvalue weighted by molar-refractivity contribution is 5.92. The van der Waals surface area contributed by atoms with E-state index >= 15 is 0 Å². The summed E-state index contributed by atoms with van der Waals surface area (Å²) in [5.41, 5.74) is 1.17. The molecule has 0 atom stereocenters. The van der Waals surface area contributed by atoms with Crippen LogP contribution in [0.3, 0.4) is 0 Å². The zero-order valence-corrected chi connectivity index (χ0v) is 15.4. The Morgan fingerprint density at radius 1 is 1.11 bits per heavy atom. The minimum absolute atomic E-state index is 0.0601. The second-order valence-corrected chi connectivity index (χ2v) is 5.73. The Morgan fingerprint density at radius 2 is 1.93 bits per heavy atom. The van der Waals surface area contributed by atoms with Gasteiger partial charge in [-0.3, -0.25) is 4.79 Å². The van der Waals surface area contributed by atoms with Gasteiger partial charge in [0.05, 0.1) is 19.9 Å². The van der Waals surface area contributed by atoms with E-state index in [1.54, 1.807) is 43.5 Å². The fourth-order valence-electron chi connectivity index (χ4n) is 2.48. The Balaban J connectivity index is 1.72. The summed E-state index contributed by atoms with van der Waals surface area (Å²) < 4.78 is 24.2. The molecule has 2 N–H and O–H groups in total. The Bertz CT molecular complexity index is 981. The molecule has 0 spiro atoms. The number of rotatable bonds is 7. The molecule has 0 bridgehead atoms. The third-order valence-corrected chi connectivity index (χ3v) is 3.94. The van der Waals surface area contributed by atoms with Gasteiger partial charge in [0, 0.05) is 24.4 Å². The first kappa shape index (κ1) is 19.1. The van der Waals surface area contributed by atoms with Crippen LogP contribution >= 0.6 is 0 Å². The first-order chi connectivity index (χ1) is 13.6. The van der Waals surface area contributed by atoms with Crippen molar-refractivity contribution in [3.05, 3.63) is 71.8 Å². The van der Waals surface area contributed by atoms with E-state index in [0.717, 1.165) is 0 Å². The van der Waals surface area contributed by atoms with Crippen molar-refractivity contribution in [1.82, 2.24) is 15.3 Å². The molecule has 0 radical (unpaired) electrons. The second kappa shape index (κ2) is 8.81. The minimum atomic E-state index is -0.435. The summed E-state index contributed by atoms with van der Waals surface area (Å²) in [5, 5.41) is 5.66. The lowest BCUT2D eigenvalue weighted by molar-refractivity contribution is 0.0945. The van der Waals surface area contributed by atoms with Crippen LogP contribution in [0.4, 0.5) is 16.0 Å². The van der Waals surface area contributed by atoms with Crippen LogP contribution in [0.2, 0.25) is 0 Å². The lowest BCUT2D eigenvalue weighted by Gasteiger charge is -2.12. The van der Waals surface area contributed by atoms with Gasteiger partial charge in [-0.2, -0.15) is 0 Å². The Morgan fingerprint density at radius 3 is 2.68 bits per heavy atom. The van der Waals surface area contributed by atoms with Gasteiger partial charge in [0.15, 0.2) is 0 Å². The smallest absolute Gasteiger partial charge is 0.270 e. The quantitative estimate of drug-likeness (QED) is 0.652. The van der Waals surface area contributed by atoms with Gasteiger partial charge in [0.2, 0.25) is 5.95 Å². The molecule has 144 valence electrons.